The van der Waals surface area contributed by atoms with Gasteiger partial charge in [-0.15, -0.1) is 0 Å². The molecule has 1 aromatic heterocycles. The number of rotatable bonds is 14. The molecule has 0 spiro atoms. The van der Waals surface area contributed by atoms with Crippen LogP contribution in [0.2, 0.25) is 0 Å². The van der Waals surface area contributed by atoms with Crippen molar-refractivity contribution in [3.8, 4) is 0 Å². The molecule has 2 aromatic carbocycles. The van der Waals surface area contributed by atoms with Crippen LogP contribution in [-0.4, -0.2) is 83.4 Å². The first kappa shape index (κ1) is 31.9. The zero-order chi connectivity index (χ0) is 30.5. The number of alkyl carbamates (subject to hydrolysis) is 1. The third-order valence-corrected chi connectivity index (χ3v) is 6.81. The van der Waals surface area contributed by atoms with Crippen LogP contribution < -0.4 is 10.6 Å². The van der Waals surface area contributed by atoms with Crippen molar-refractivity contribution in [1.29, 1.82) is 0 Å². The lowest BCUT2D eigenvalue weighted by Crippen LogP contribution is -2.53. The van der Waals surface area contributed by atoms with E-state index in [1.165, 1.54) is 16.1 Å². The number of imidazole rings is 1. The molecule has 1 heterocycles. The van der Waals surface area contributed by atoms with Crippen molar-refractivity contribution >= 4 is 23.8 Å². The second-order valence-corrected chi connectivity index (χ2v) is 10.9. The third kappa shape index (κ3) is 10.1. The summed E-state index contributed by atoms with van der Waals surface area (Å²) >= 11 is 0. The maximum Gasteiger partial charge on any atom is 0.408 e. The van der Waals surface area contributed by atoms with E-state index < -0.39 is 18.0 Å². The van der Waals surface area contributed by atoms with Gasteiger partial charge < -0.3 is 30.2 Å². The summed E-state index contributed by atoms with van der Waals surface area (Å²) in [5.74, 6) is -1.10. The van der Waals surface area contributed by atoms with Gasteiger partial charge >= 0.3 is 6.09 Å². The van der Waals surface area contributed by atoms with Crippen LogP contribution >= 0.6 is 0 Å². The number of nitrogens with zero attached hydrogens (tertiary/aromatic N) is 3. The number of H-pyrrole nitrogens is 1. The lowest BCUT2D eigenvalue weighted by Gasteiger charge is -2.29. The normalized spacial score (nSPS) is 11.7. The lowest BCUT2D eigenvalue weighted by atomic mass is 9.84. The van der Waals surface area contributed by atoms with Gasteiger partial charge in [-0.1, -0.05) is 74.5 Å². The van der Waals surface area contributed by atoms with Crippen molar-refractivity contribution in [2.24, 2.45) is 0 Å². The standard InChI is InChI=1S/C31H40N6O5/c1-31(2,24-13-9-6-10-14-24)21-33-27(38)19-37(16-15-28(39)36(3)4)29(40)26(17-25-18-32-22-34-25)35-30(41)42-20-23-11-7-5-8-12-23/h5-14,18,22,26H,15-17,19-21H2,1-4H3,(H,32,34)(H,33,38)(H,35,41). The molecule has 4 amide bonds. The minimum atomic E-state index is -1.07. The summed E-state index contributed by atoms with van der Waals surface area (Å²) < 4.78 is 5.35. The van der Waals surface area contributed by atoms with Gasteiger partial charge in [0, 0.05) is 57.3 Å². The highest BCUT2D eigenvalue weighted by atomic mass is 16.5. The van der Waals surface area contributed by atoms with Crippen LogP contribution in [-0.2, 0) is 37.6 Å². The van der Waals surface area contributed by atoms with Gasteiger partial charge in [0.15, 0.2) is 0 Å². The lowest BCUT2D eigenvalue weighted by molar-refractivity contribution is -0.139. The molecule has 0 aliphatic heterocycles. The smallest absolute Gasteiger partial charge is 0.408 e. The molecular weight excluding hydrogens is 536 g/mol. The molecular formula is C31H40N6O5. The van der Waals surface area contributed by atoms with Crippen molar-refractivity contribution in [2.45, 2.75) is 44.8 Å². The van der Waals surface area contributed by atoms with E-state index >= 15 is 0 Å². The van der Waals surface area contributed by atoms with Crippen LogP contribution in [0.4, 0.5) is 4.79 Å². The van der Waals surface area contributed by atoms with E-state index in [1.54, 1.807) is 20.3 Å². The number of hydrogen-bond acceptors (Lipinski definition) is 6. The number of aromatic amines is 1. The molecule has 1 unspecified atom stereocenters. The summed E-state index contributed by atoms with van der Waals surface area (Å²) in [4.78, 5) is 61.7. The summed E-state index contributed by atoms with van der Waals surface area (Å²) in [5.41, 5.74) is 2.12. The molecule has 1 atom stereocenters. The van der Waals surface area contributed by atoms with Crippen molar-refractivity contribution in [3.05, 3.63) is 90.0 Å². The maximum atomic E-state index is 13.8. The Balaban J connectivity index is 1.73. The van der Waals surface area contributed by atoms with Crippen molar-refractivity contribution in [1.82, 2.24) is 30.4 Å². The topological polar surface area (TPSA) is 137 Å². The Hall–Kier alpha value is -4.67. The quantitative estimate of drug-likeness (QED) is 0.270. The Kier molecular flexibility index (Phi) is 11.7. The molecule has 0 bridgehead atoms. The third-order valence-electron chi connectivity index (χ3n) is 6.81. The Morgan fingerprint density at radius 2 is 1.67 bits per heavy atom. The highest BCUT2D eigenvalue weighted by molar-refractivity contribution is 5.90. The van der Waals surface area contributed by atoms with Gasteiger partial charge in [-0.2, -0.15) is 0 Å². The molecule has 0 aliphatic rings. The van der Waals surface area contributed by atoms with E-state index in [4.69, 9.17) is 4.74 Å². The number of carbonyl (C=O) groups is 4. The average molecular weight is 577 g/mol. The SMILES string of the molecule is CN(C)C(=O)CCN(CC(=O)NCC(C)(C)c1ccccc1)C(=O)C(Cc1cnc[nH]1)NC(=O)OCc1ccccc1. The minimum Gasteiger partial charge on any atom is -0.445 e. The fraction of sp³-hybridized carbons (Fsp3) is 0.387. The second-order valence-electron chi connectivity index (χ2n) is 10.9. The van der Waals surface area contributed by atoms with Gasteiger partial charge in [0.05, 0.1) is 12.9 Å². The van der Waals surface area contributed by atoms with Gasteiger partial charge in [-0.3, -0.25) is 14.4 Å². The predicted octanol–water partition coefficient (Wildman–Crippen LogP) is 2.65. The molecule has 0 aliphatic carbocycles. The number of hydrogen-bond donors (Lipinski definition) is 3. The summed E-state index contributed by atoms with van der Waals surface area (Å²) in [6.07, 6.45) is 2.34. The van der Waals surface area contributed by atoms with Gasteiger partial charge in [0.25, 0.3) is 0 Å². The average Bonchev–Trinajstić information content (AvgIpc) is 3.50. The summed E-state index contributed by atoms with van der Waals surface area (Å²) in [6.45, 7) is 4.12. The molecule has 11 nitrogen and oxygen atoms in total. The van der Waals surface area contributed by atoms with Gasteiger partial charge in [-0.25, -0.2) is 9.78 Å². The Morgan fingerprint density at radius 3 is 2.29 bits per heavy atom. The summed E-state index contributed by atoms with van der Waals surface area (Å²) in [7, 11) is 3.25. The summed E-state index contributed by atoms with van der Waals surface area (Å²) in [6, 6.07) is 17.9. The minimum absolute atomic E-state index is 0.00837. The van der Waals surface area contributed by atoms with Crippen LogP contribution in [0.25, 0.3) is 0 Å². The first-order valence-electron chi connectivity index (χ1n) is 13.8. The second kappa shape index (κ2) is 15.4. The van der Waals surface area contributed by atoms with E-state index in [0.29, 0.717) is 12.2 Å². The Morgan fingerprint density at radius 1 is 1.00 bits per heavy atom. The fourth-order valence-electron chi connectivity index (χ4n) is 4.21. The van der Waals surface area contributed by atoms with E-state index in [2.05, 4.69) is 20.6 Å². The molecule has 0 fully saturated rings. The molecule has 0 radical (unpaired) electrons. The molecule has 0 saturated carbocycles. The van der Waals surface area contributed by atoms with E-state index in [-0.39, 0.29) is 49.8 Å². The van der Waals surface area contributed by atoms with Crippen LogP contribution in [0.3, 0.4) is 0 Å². The van der Waals surface area contributed by atoms with Crippen molar-refractivity contribution < 1.29 is 23.9 Å². The maximum absolute atomic E-state index is 13.8. The number of aromatic nitrogens is 2. The highest BCUT2D eigenvalue weighted by Gasteiger charge is 2.30. The van der Waals surface area contributed by atoms with Gasteiger partial charge in [-0.05, 0) is 11.1 Å². The number of nitrogens with one attached hydrogen (secondary N) is 3. The number of benzene rings is 2. The Labute approximate surface area is 246 Å². The van der Waals surface area contributed by atoms with Crippen LogP contribution in [0, 0.1) is 0 Å². The number of amides is 4. The van der Waals surface area contributed by atoms with Crippen LogP contribution in [0.5, 0.6) is 0 Å². The molecule has 42 heavy (non-hydrogen) atoms. The first-order chi connectivity index (χ1) is 20.0. The number of carbonyl (C=O) groups excluding carboxylic acids is 4. The van der Waals surface area contributed by atoms with Gasteiger partial charge in [0.2, 0.25) is 17.7 Å². The molecule has 11 heteroatoms. The monoisotopic (exact) mass is 576 g/mol. The summed E-state index contributed by atoms with van der Waals surface area (Å²) in [5, 5.41) is 5.56. The van der Waals surface area contributed by atoms with Crippen molar-refractivity contribution in [2.75, 3.05) is 33.7 Å². The van der Waals surface area contributed by atoms with Gasteiger partial charge in [0.1, 0.15) is 12.6 Å². The van der Waals surface area contributed by atoms with Crippen LogP contribution in [0.15, 0.2) is 73.2 Å². The zero-order valence-corrected chi connectivity index (χ0v) is 24.6. The first-order valence-corrected chi connectivity index (χ1v) is 13.8. The predicted molar refractivity (Wildman–Crippen MR) is 158 cm³/mol. The molecule has 224 valence electrons. The van der Waals surface area contributed by atoms with Crippen molar-refractivity contribution in [3.63, 3.8) is 0 Å². The fourth-order valence-corrected chi connectivity index (χ4v) is 4.21. The van der Waals surface area contributed by atoms with E-state index in [0.717, 1.165) is 11.1 Å². The highest BCUT2D eigenvalue weighted by Crippen LogP contribution is 2.21. The molecule has 3 aromatic rings. The van der Waals surface area contributed by atoms with Crippen LogP contribution in [0.1, 0.15) is 37.1 Å². The molecule has 3 N–H and O–H groups in total. The molecule has 3 rings (SSSR count). The Bertz CT molecular complexity index is 1300. The zero-order valence-electron chi connectivity index (χ0n) is 24.6. The number of ether oxygens (including phenoxy) is 1. The largest absolute Gasteiger partial charge is 0.445 e. The van der Waals surface area contributed by atoms with E-state index in [1.807, 2.05) is 74.5 Å². The molecule has 0 saturated heterocycles. The van der Waals surface area contributed by atoms with E-state index in [9.17, 15) is 19.2 Å².